The van der Waals surface area contributed by atoms with Gasteiger partial charge >= 0.3 is 5.97 Å². The van der Waals surface area contributed by atoms with Crippen molar-refractivity contribution in [1.82, 2.24) is 4.98 Å². The summed E-state index contributed by atoms with van der Waals surface area (Å²) in [7, 11) is 0. The Morgan fingerprint density at radius 3 is 2.82 bits per heavy atom. The summed E-state index contributed by atoms with van der Waals surface area (Å²) in [6.45, 7) is 3.96. The van der Waals surface area contributed by atoms with Gasteiger partial charge in [-0.1, -0.05) is 34.1 Å². The molecule has 0 bridgehead atoms. The highest BCUT2D eigenvalue weighted by atomic mass is 79.9. The van der Waals surface area contributed by atoms with Crippen LogP contribution in [-0.2, 0) is 13.9 Å². The Labute approximate surface area is 108 Å². The highest BCUT2D eigenvalue weighted by Gasteiger charge is 2.35. The number of fused-ring (bicyclic) bond motifs is 1. The van der Waals surface area contributed by atoms with Crippen LogP contribution in [-0.4, -0.2) is 17.6 Å². The second-order valence-corrected chi connectivity index (χ2v) is 5.58. The third-order valence-electron chi connectivity index (χ3n) is 2.69. The molecule has 2 aromatic rings. The first kappa shape index (κ1) is 12.2. The molecule has 0 saturated carbocycles. The number of para-hydroxylation sites is 1. The summed E-state index contributed by atoms with van der Waals surface area (Å²) in [5, 5.41) is 1.08. The van der Waals surface area contributed by atoms with Crippen molar-refractivity contribution in [3.05, 3.63) is 36.0 Å². The molecular weight excluding hydrogens is 282 g/mol. The zero-order valence-electron chi connectivity index (χ0n) is 9.79. The second-order valence-electron chi connectivity index (χ2n) is 3.99. The van der Waals surface area contributed by atoms with Crippen molar-refractivity contribution in [2.75, 3.05) is 6.61 Å². The molecule has 1 N–H and O–H groups in total. The average molecular weight is 296 g/mol. The maximum absolute atomic E-state index is 11.9. The number of aromatic nitrogens is 1. The van der Waals surface area contributed by atoms with Crippen LogP contribution in [0.5, 0.6) is 0 Å². The average Bonchev–Trinajstić information content (AvgIpc) is 2.73. The van der Waals surface area contributed by atoms with E-state index in [9.17, 15) is 4.79 Å². The lowest BCUT2D eigenvalue weighted by molar-refractivity contribution is -0.145. The van der Waals surface area contributed by atoms with Gasteiger partial charge in [0.2, 0.25) is 0 Å². The quantitative estimate of drug-likeness (QED) is 0.697. The fourth-order valence-electron chi connectivity index (χ4n) is 1.70. The Balaban J connectivity index is 2.41. The van der Waals surface area contributed by atoms with Crippen molar-refractivity contribution in [3.8, 4) is 0 Å². The molecule has 2 rings (SSSR count). The number of nitrogens with one attached hydrogen (secondary N) is 1. The van der Waals surface area contributed by atoms with E-state index in [1.807, 2.05) is 30.3 Å². The molecule has 0 radical (unpaired) electrons. The molecule has 0 aliphatic rings. The summed E-state index contributed by atoms with van der Waals surface area (Å²) in [5.74, 6) is -0.286. The summed E-state index contributed by atoms with van der Waals surface area (Å²) >= 11 is 3.43. The van der Waals surface area contributed by atoms with Gasteiger partial charge in [0.15, 0.2) is 4.32 Å². The van der Waals surface area contributed by atoms with Crippen LogP contribution in [0.2, 0.25) is 0 Å². The number of carbonyl (C=O) groups is 1. The number of aromatic amines is 1. The number of hydrogen-bond acceptors (Lipinski definition) is 2. The van der Waals surface area contributed by atoms with Crippen molar-refractivity contribution in [2.24, 2.45) is 0 Å². The van der Waals surface area contributed by atoms with Crippen LogP contribution in [0.3, 0.4) is 0 Å². The van der Waals surface area contributed by atoms with Crippen molar-refractivity contribution in [2.45, 2.75) is 18.2 Å². The van der Waals surface area contributed by atoms with E-state index >= 15 is 0 Å². The Bertz CT molecular complexity index is 512. The SMILES string of the molecule is CCOC(=O)C(C)(Br)c1cc2ccccc2[nH]1. The number of carbonyl (C=O) groups excluding carboxylic acids is 1. The highest BCUT2D eigenvalue weighted by molar-refractivity contribution is 9.10. The first-order valence-corrected chi connectivity index (χ1v) is 6.29. The lowest BCUT2D eigenvalue weighted by Gasteiger charge is -2.18. The van der Waals surface area contributed by atoms with E-state index in [0.717, 1.165) is 16.6 Å². The first-order chi connectivity index (χ1) is 8.05. The molecule has 0 fully saturated rings. The Kier molecular flexibility index (Phi) is 3.24. The monoisotopic (exact) mass is 295 g/mol. The summed E-state index contributed by atoms with van der Waals surface area (Å²) in [6, 6.07) is 9.87. The number of benzene rings is 1. The number of esters is 1. The summed E-state index contributed by atoms with van der Waals surface area (Å²) in [6.07, 6.45) is 0. The molecule has 1 aromatic heterocycles. The molecule has 0 aliphatic carbocycles. The number of H-pyrrole nitrogens is 1. The van der Waals surface area contributed by atoms with E-state index in [4.69, 9.17) is 4.74 Å². The zero-order valence-corrected chi connectivity index (χ0v) is 11.4. The van der Waals surface area contributed by atoms with Gasteiger partial charge in [-0.3, -0.25) is 4.79 Å². The molecule has 17 heavy (non-hydrogen) atoms. The fourth-order valence-corrected chi connectivity index (χ4v) is 2.03. The Hall–Kier alpha value is -1.29. The van der Waals surface area contributed by atoms with Gasteiger partial charge in [0.25, 0.3) is 0 Å². The molecule has 1 atom stereocenters. The van der Waals surface area contributed by atoms with E-state index < -0.39 is 4.32 Å². The van der Waals surface area contributed by atoms with E-state index in [0.29, 0.717) is 6.61 Å². The van der Waals surface area contributed by atoms with Gasteiger partial charge in [-0.05, 0) is 31.4 Å². The smallest absolute Gasteiger partial charge is 0.328 e. The van der Waals surface area contributed by atoms with Gasteiger partial charge < -0.3 is 9.72 Å². The lowest BCUT2D eigenvalue weighted by atomic mass is 10.1. The minimum absolute atomic E-state index is 0.286. The molecule has 1 heterocycles. The third kappa shape index (κ3) is 2.22. The minimum atomic E-state index is -0.831. The normalized spacial score (nSPS) is 14.5. The van der Waals surface area contributed by atoms with E-state index in [1.54, 1.807) is 13.8 Å². The van der Waals surface area contributed by atoms with E-state index in [-0.39, 0.29) is 5.97 Å². The molecule has 0 saturated heterocycles. The maximum Gasteiger partial charge on any atom is 0.328 e. The number of hydrogen-bond donors (Lipinski definition) is 1. The van der Waals surface area contributed by atoms with Gasteiger partial charge in [0, 0.05) is 11.2 Å². The molecule has 3 nitrogen and oxygen atoms in total. The molecule has 4 heteroatoms. The largest absolute Gasteiger partial charge is 0.465 e. The minimum Gasteiger partial charge on any atom is -0.465 e. The van der Waals surface area contributed by atoms with Gasteiger partial charge in [0.05, 0.1) is 6.61 Å². The summed E-state index contributed by atoms with van der Waals surface area (Å²) < 4.78 is 4.22. The van der Waals surface area contributed by atoms with E-state index in [1.165, 1.54) is 0 Å². The van der Waals surface area contributed by atoms with Crippen LogP contribution in [0.4, 0.5) is 0 Å². The number of alkyl halides is 1. The van der Waals surface area contributed by atoms with Crippen molar-refractivity contribution >= 4 is 32.8 Å². The van der Waals surface area contributed by atoms with Gasteiger partial charge in [-0.2, -0.15) is 0 Å². The van der Waals surface area contributed by atoms with Crippen molar-refractivity contribution in [3.63, 3.8) is 0 Å². The summed E-state index contributed by atoms with van der Waals surface area (Å²) in [5.41, 5.74) is 1.81. The molecule has 0 aliphatic heterocycles. The van der Waals surface area contributed by atoms with Crippen LogP contribution >= 0.6 is 15.9 Å². The van der Waals surface area contributed by atoms with E-state index in [2.05, 4.69) is 20.9 Å². The maximum atomic E-state index is 11.9. The predicted molar refractivity (Wildman–Crippen MR) is 71.2 cm³/mol. The molecule has 0 amide bonds. The van der Waals surface area contributed by atoms with Crippen LogP contribution in [0.15, 0.2) is 30.3 Å². The Morgan fingerprint density at radius 2 is 2.18 bits per heavy atom. The predicted octanol–water partition coefficient (Wildman–Crippen LogP) is 3.34. The number of halogens is 1. The third-order valence-corrected chi connectivity index (χ3v) is 3.45. The van der Waals surface area contributed by atoms with Crippen molar-refractivity contribution < 1.29 is 9.53 Å². The first-order valence-electron chi connectivity index (χ1n) is 5.50. The highest BCUT2D eigenvalue weighted by Crippen LogP contribution is 2.33. The molecule has 1 unspecified atom stereocenters. The fraction of sp³-hybridized carbons (Fsp3) is 0.308. The Morgan fingerprint density at radius 1 is 1.47 bits per heavy atom. The number of rotatable bonds is 3. The van der Waals surface area contributed by atoms with Gasteiger partial charge in [-0.25, -0.2) is 0 Å². The lowest BCUT2D eigenvalue weighted by Crippen LogP contribution is -2.28. The van der Waals surface area contributed by atoms with Crippen LogP contribution in [0.25, 0.3) is 10.9 Å². The van der Waals surface area contributed by atoms with Crippen LogP contribution in [0, 0.1) is 0 Å². The molecule has 0 spiro atoms. The topological polar surface area (TPSA) is 42.1 Å². The van der Waals surface area contributed by atoms with Gasteiger partial charge in [-0.15, -0.1) is 0 Å². The number of ether oxygens (including phenoxy) is 1. The van der Waals surface area contributed by atoms with Crippen molar-refractivity contribution in [1.29, 1.82) is 0 Å². The standard InChI is InChI=1S/C13H14BrNO2/c1-3-17-12(16)13(2,14)11-8-9-6-4-5-7-10(9)15-11/h4-8,15H,3H2,1-2H3. The molecule has 1 aromatic carbocycles. The molecule has 90 valence electrons. The molecular formula is C13H14BrNO2. The summed E-state index contributed by atoms with van der Waals surface area (Å²) in [4.78, 5) is 15.1. The zero-order chi connectivity index (χ0) is 12.5. The second kappa shape index (κ2) is 4.53. The van der Waals surface area contributed by atoms with Crippen LogP contribution in [0.1, 0.15) is 19.5 Å². The van der Waals surface area contributed by atoms with Gasteiger partial charge in [0.1, 0.15) is 0 Å². The van der Waals surface area contributed by atoms with Crippen LogP contribution < -0.4 is 0 Å².